The van der Waals surface area contributed by atoms with Crippen LogP contribution >= 0.6 is 12.4 Å². The van der Waals surface area contributed by atoms with Gasteiger partial charge in [-0.25, -0.2) is 0 Å². The molecule has 128 valence electrons. The first-order chi connectivity index (χ1) is 11.3. The van der Waals surface area contributed by atoms with E-state index in [0.29, 0.717) is 5.75 Å². The topological polar surface area (TPSA) is 50.4 Å². The molecule has 0 aliphatic carbocycles. The van der Waals surface area contributed by atoms with Crippen LogP contribution in [0.1, 0.15) is 24.5 Å². The number of halogens is 1. The van der Waals surface area contributed by atoms with Crippen LogP contribution < -0.4 is 15.4 Å². The third kappa shape index (κ3) is 4.98. The Morgan fingerprint density at radius 3 is 2.38 bits per heavy atom. The molecule has 1 aliphatic rings. The van der Waals surface area contributed by atoms with Gasteiger partial charge in [-0.15, -0.1) is 12.4 Å². The van der Waals surface area contributed by atoms with Crippen molar-refractivity contribution in [3.8, 4) is 5.75 Å². The lowest BCUT2D eigenvalue weighted by Gasteiger charge is -2.26. The summed E-state index contributed by atoms with van der Waals surface area (Å²) in [7, 11) is 0. The van der Waals surface area contributed by atoms with Crippen molar-refractivity contribution in [2.45, 2.75) is 25.0 Å². The van der Waals surface area contributed by atoms with Crippen molar-refractivity contribution in [1.82, 2.24) is 10.6 Å². The second kappa shape index (κ2) is 9.30. The van der Waals surface area contributed by atoms with Gasteiger partial charge in [-0.1, -0.05) is 48.5 Å². The fourth-order valence-electron chi connectivity index (χ4n) is 2.79. The zero-order valence-corrected chi connectivity index (χ0v) is 14.3. The highest BCUT2D eigenvalue weighted by Crippen LogP contribution is 2.22. The smallest absolute Gasteiger partial charge is 0.266 e. The highest BCUT2D eigenvalue weighted by molar-refractivity contribution is 5.85. The molecule has 1 heterocycles. The van der Waals surface area contributed by atoms with E-state index in [1.807, 2.05) is 60.7 Å². The predicted molar refractivity (Wildman–Crippen MR) is 97.5 cm³/mol. The SMILES string of the molecule is Cl.O=C(NC1CCCNC1)C(Oc1ccccc1)c1ccccc1. The van der Waals surface area contributed by atoms with Gasteiger partial charge in [-0.3, -0.25) is 4.79 Å². The molecule has 0 aromatic heterocycles. The summed E-state index contributed by atoms with van der Waals surface area (Å²) in [6, 6.07) is 19.3. The number of amides is 1. The lowest BCUT2D eigenvalue weighted by Crippen LogP contribution is -2.47. The minimum absolute atomic E-state index is 0. The zero-order chi connectivity index (χ0) is 15.9. The second-order valence-electron chi connectivity index (χ2n) is 5.77. The molecule has 0 spiro atoms. The van der Waals surface area contributed by atoms with E-state index in [1.54, 1.807) is 0 Å². The Bertz CT molecular complexity index is 616. The van der Waals surface area contributed by atoms with Gasteiger partial charge in [0.2, 0.25) is 6.10 Å². The van der Waals surface area contributed by atoms with E-state index in [4.69, 9.17) is 4.74 Å². The van der Waals surface area contributed by atoms with Crippen LogP contribution in [0.2, 0.25) is 0 Å². The molecular weight excluding hydrogens is 324 g/mol. The predicted octanol–water partition coefficient (Wildman–Crippen LogP) is 3.10. The molecule has 2 unspecified atom stereocenters. The van der Waals surface area contributed by atoms with E-state index in [1.165, 1.54) is 0 Å². The number of rotatable bonds is 5. The van der Waals surface area contributed by atoms with Crippen molar-refractivity contribution in [2.75, 3.05) is 13.1 Å². The van der Waals surface area contributed by atoms with Gasteiger partial charge in [0.25, 0.3) is 5.91 Å². The van der Waals surface area contributed by atoms with E-state index < -0.39 is 6.10 Å². The van der Waals surface area contributed by atoms with Gasteiger partial charge in [-0.2, -0.15) is 0 Å². The molecule has 1 amide bonds. The second-order valence-corrected chi connectivity index (χ2v) is 5.77. The Kier molecular flexibility index (Phi) is 7.09. The number of carbonyl (C=O) groups excluding carboxylic acids is 1. The third-order valence-electron chi connectivity index (χ3n) is 3.98. The maximum atomic E-state index is 12.8. The summed E-state index contributed by atoms with van der Waals surface area (Å²) in [5.41, 5.74) is 0.859. The Labute approximate surface area is 149 Å². The number of nitrogens with one attached hydrogen (secondary N) is 2. The minimum Gasteiger partial charge on any atom is -0.476 e. The fraction of sp³-hybridized carbons (Fsp3) is 0.316. The van der Waals surface area contributed by atoms with Crippen molar-refractivity contribution in [2.24, 2.45) is 0 Å². The Morgan fingerprint density at radius 1 is 1.08 bits per heavy atom. The summed E-state index contributed by atoms with van der Waals surface area (Å²) in [5.74, 6) is 0.604. The number of hydrogen-bond acceptors (Lipinski definition) is 3. The van der Waals surface area contributed by atoms with Gasteiger partial charge in [0.05, 0.1) is 0 Å². The third-order valence-corrected chi connectivity index (χ3v) is 3.98. The van der Waals surface area contributed by atoms with Crippen molar-refractivity contribution in [3.05, 3.63) is 66.2 Å². The molecule has 0 bridgehead atoms. The molecule has 3 rings (SSSR count). The van der Waals surface area contributed by atoms with E-state index >= 15 is 0 Å². The number of hydrogen-bond donors (Lipinski definition) is 2. The van der Waals surface area contributed by atoms with Gasteiger partial charge in [0.1, 0.15) is 5.75 Å². The average Bonchev–Trinajstić information content (AvgIpc) is 2.62. The maximum Gasteiger partial charge on any atom is 0.266 e. The molecule has 2 atom stereocenters. The summed E-state index contributed by atoms with van der Waals surface area (Å²) in [6.07, 6.45) is 1.45. The van der Waals surface area contributed by atoms with Crippen molar-refractivity contribution in [1.29, 1.82) is 0 Å². The lowest BCUT2D eigenvalue weighted by molar-refractivity contribution is -0.129. The first-order valence-corrected chi connectivity index (χ1v) is 8.10. The molecule has 5 heteroatoms. The van der Waals surface area contributed by atoms with Gasteiger partial charge in [0, 0.05) is 18.2 Å². The van der Waals surface area contributed by atoms with Crippen LogP contribution in [-0.4, -0.2) is 25.0 Å². The summed E-state index contributed by atoms with van der Waals surface area (Å²) in [6.45, 7) is 1.84. The molecule has 1 aliphatic heterocycles. The molecule has 0 radical (unpaired) electrons. The number of carbonyl (C=O) groups is 1. The Balaban J connectivity index is 0.00000208. The van der Waals surface area contributed by atoms with Crippen molar-refractivity contribution >= 4 is 18.3 Å². The molecule has 0 saturated carbocycles. The Hall–Kier alpha value is -2.04. The summed E-state index contributed by atoms with van der Waals surface area (Å²) in [4.78, 5) is 12.8. The highest BCUT2D eigenvalue weighted by atomic mass is 35.5. The van der Waals surface area contributed by atoms with Crippen LogP contribution in [0.5, 0.6) is 5.75 Å². The molecule has 4 nitrogen and oxygen atoms in total. The number of piperidine rings is 1. The van der Waals surface area contributed by atoms with Crippen molar-refractivity contribution in [3.63, 3.8) is 0 Å². The summed E-state index contributed by atoms with van der Waals surface area (Å²) < 4.78 is 5.97. The van der Waals surface area contributed by atoms with Gasteiger partial charge >= 0.3 is 0 Å². The van der Waals surface area contributed by atoms with Crippen LogP contribution in [-0.2, 0) is 4.79 Å². The molecule has 2 aromatic carbocycles. The monoisotopic (exact) mass is 346 g/mol. The van der Waals surface area contributed by atoms with E-state index in [2.05, 4.69) is 10.6 Å². The van der Waals surface area contributed by atoms with Crippen LogP contribution in [0.4, 0.5) is 0 Å². The molecule has 1 saturated heterocycles. The number of benzene rings is 2. The van der Waals surface area contributed by atoms with Crippen molar-refractivity contribution < 1.29 is 9.53 Å². The van der Waals surface area contributed by atoms with Gasteiger partial charge < -0.3 is 15.4 Å². The highest BCUT2D eigenvalue weighted by Gasteiger charge is 2.25. The fourth-order valence-corrected chi connectivity index (χ4v) is 2.79. The molecule has 1 fully saturated rings. The van der Waals surface area contributed by atoms with Gasteiger partial charge in [-0.05, 0) is 31.5 Å². The number of para-hydroxylation sites is 1. The van der Waals surface area contributed by atoms with Gasteiger partial charge in [0.15, 0.2) is 0 Å². The largest absolute Gasteiger partial charge is 0.476 e. The molecular formula is C19H23ClN2O2. The first-order valence-electron chi connectivity index (χ1n) is 8.10. The normalized spacial score (nSPS) is 18.1. The molecule has 2 N–H and O–H groups in total. The van der Waals surface area contributed by atoms with Crippen LogP contribution in [0.3, 0.4) is 0 Å². The van der Waals surface area contributed by atoms with Crippen LogP contribution in [0.15, 0.2) is 60.7 Å². The van der Waals surface area contributed by atoms with E-state index in [0.717, 1.165) is 31.5 Å². The zero-order valence-electron chi connectivity index (χ0n) is 13.5. The molecule has 2 aromatic rings. The first kappa shape index (κ1) is 18.3. The molecule has 24 heavy (non-hydrogen) atoms. The minimum atomic E-state index is -0.638. The average molecular weight is 347 g/mol. The Morgan fingerprint density at radius 2 is 1.75 bits per heavy atom. The van der Waals surface area contributed by atoms with Crippen LogP contribution in [0, 0.1) is 0 Å². The maximum absolute atomic E-state index is 12.8. The number of ether oxygens (including phenoxy) is 1. The summed E-state index contributed by atoms with van der Waals surface area (Å²) in [5, 5.41) is 6.42. The van der Waals surface area contributed by atoms with Crippen LogP contribution in [0.25, 0.3) is 0 Å². The lowest BCUT2D eigenvalue weighted by atomic mass is 10.1. The standard InChI is InChI=1S/C19H22N2O2.ClH/c22-19(21-16-10-7-13-20-14-16)18(15-8-3-1-4-9-15)23-17-11-5-2-6-12-17;/h1-6,8-9,11-12,16,18,20H,7,10,13-14H2,(H,21,22);1H. The van der Waals surface area contributed by atoms with E-state index in [-0.39, 0.29) is 24.4 Å². The quantitative estimate of drug-likeness (QED) is 0.874. The van der Waals surface area contributed by atoms with E-state index in [9.17, 15) is 4.79 Å². The summed E-state index contributed by atoms with van der Waals surface area (Å²) >= 11 is 0.